The van der Waals surface area contributed by atoms with Crippen molar-refractivity contribution in [1.29, 1.82) is 0 Å². The van der Waals surface area contributed by atoms with E-state index in [9.17, 15) is 5.11 Å². The number of hydrogen-bond donors (Lipinski definition) is 1. The Labute approximate surface area is 246 Å². The van der Waals surface area contributed by atoms with Gasteiger partial charge in [0.25, 0.3) is 6.33 Å². The van der Waals surface area contributed by atoms with E-state index in [0.29, 0.717) is 5.69 Å². The summed E-state index contributed by atoms with van der Waals surface area (Å²) in [5.74, 6) is 0.171. The average molecular weight is 704 g/mol. The number of rotatable bonds is 3. The van der Waals surface area contributed by atoms with Crippen LogP contribution >= 0.6 is 0 Å². The van der Waals surface area contributed by atoms with Gasteiger partial charge in [-0.1, -0.05) is 63.2 Å². The minimum Gasteiger partial charge on any atom is -0.511 e. The Morgan fingerprint density at radius 2 is 1.65 bits per heavy atom. The van der Waals surface area contributed by atoms with E-state index in [1.165, 1.54) is 0 Å². The molecule has 0 aliphatic carbocycles. The molecular formula is C34H26N3O2Pt+. The molecule has 0 fully saturated rings. The third-order valence-corrected chi connectivity index (χ3v) is 7.18. The van der Waals surface area contributed by atoms with Gasteiger partial charge >= 0.3 is 21.1 Å². The molecule has 3 aromatic heterocycles. The molecule has 0 aliphatic heterocycles. The second-order valence-corrected chi connectivity index (χ2v) is 10.8. The number of aromatic nitrogens is 3. The van der Waals surface area contributed by atoms with Gasteiger partial charge in [-0.3, -0.25) is 4.57 Å². The van der Waals surface area contributed by atoms with Crippen molar-refractivity contribution in [2.45, 2.75) is 26.2 Å². The van der Waals surface area contributed by atoms with Crippen molar-refractivity contribution in [2.24, 2.45) is 0 Å². The standard InChI is InChI=1S/C34H26N3O2.Pt/c1-34(2,3)23-18-22(26-11-8-9-17-35-26)19-24(20-23)36-21-37(27-12-5-6-13-29(27)38)33-28(36)15-16-31-32(33)25-10-4-7-14-30(25)39-31;/h4-18,20,38H,1-3H3;/q-1;+2. The largest absolute Gasteiger partial charge is 2.00 e. The number of phenols is 1. The van der Waals surface area contributed by atoms with Gasteiger partial charge in [0.1, 0.15) is 22.6 Å². The van der Waals surface area contributed by atoms with E-state index in [1.54, 1.807) is 12.3 Å². The Morgan fingerprint density at radius 3 is 2.42 bits per heavy atom. The maximum absolute atomic E-state index is 10.9. The zero-order chi connectivity index (χ0) is 26.7. The third-order valence-electron chi connectivity index (χ3n) is 7.18. The number of aromatic hydroxyl groups is 1. The van der Waals surface area contributed by atoms with Crippen LogP contribution in [0.25, 0.3) is 55.6 Å². The zero-order valence-corrected chi connectivity index (χ0v) is 24.5. The number of fused-ring (bicyclic) bond motifs is 5. The molecule has 0 saturated carbocycles. The topological polar surface area (TPSA) is 55.1 Å². The van der Waals surface area contributed by atoms with Crippen LogP contribution in [0.5, 0.6) is 5.75 Å². The molecule has 0 spiro atoms. The maximum atomic E-state index is 10.9. The molecule has 1 N–H and O–H groups in total. The first-order chi connectivity index (χ1) is 18.9. The van der Waals surface area contributed by atoms with E-state index >= 15 is 0 Å². The van der Waals surface area contributed by atoms with E-state index in [1.807, 2.05) is 75.9 Å². The summed E-state index contributed by atoms with van der Waals surface area (Å²) in [6.45, 7) is 6.61. The number of phenolic OH excluding ortho intramolecular Hbond substituents is 1. The summed E-state index contributed by atoms with van der Waals surface area (Å²) in [4.78, 5) is 4.60. The van der Waals surface area contributed by atoms with Gasteiger partial charge in [0.05, 0.1) is 11.0 Å². The Balaban J connectivity index is 0.00000289. The Kier molecular flexibility index (Phi) is 6.35. The van der Waals surface area contributed by atoms with Crippen LogP contribution in [0.4, 0.5) is 0 Å². The van der Waals surface area contributed by atoms with Crippen LogP contribution in [0.15, 0.2) is 102 Å². The van der Waals surface area contributed by atoms with Crippen molar-refractivity contribution in [3.8, 4) is 28.4 Å². The fraction of sp³-hybridized carbons (Fsp3) is 0.118. The Hall–Kier alpha value is -4.21. The molecule has 5 nitrogen and oxygen atoms in total. The van der Waals surface area contributed by atoms with Gasteiger partial charge in [0, 0.05) is 17.0 Å². The van der Waals surface area contributed by atoms with Gasteiger partial charge in [-0.05, 0) is 53.2 Å². The second kappa shape index (κ2) is 9.76. The van der Waals surface area contributed by atoms with Gasteiger partial charge in [0.15, 0.2) is 0 Å². The smallest absolute Gasteiger partial charge is 0.511 e. The first-order valence-electron chi connectivity index (χ1n) is 13.0. The van der Waals surface area contributed by atoms with E-state index in [2.05, 4.69) is 56.3 Å². The zero-order valence-electron chi connectivity index (χ0n) is 22.3. The first kappa shape index (κ1) is 26.0. The van der Waals surface area contributed by atoms with Crippen molar-refractivity contribution in [1.82, 2.24) is 9.55 Å². The molecule has 4 aromatic carbocycles. The van der Waals surface area contributed by atoms with Gasteiger partial charge in [-0.15, -0.1) is 29.3 Å². The fourth-order valence-electron chi connectivity index (χ4n) is 5.18. The molecule has 0 saturated heterocycles. The van der Waals surface area contributed by atoms with E-state index in [-0.39, 0.29) is 32.2 Å². The molecule has 0 unspecified atom stereocenters. The third kappa shape index (κ3) is 4.22. The Morgan fingerprint density at radius 1 is 0.875 bits per heavy atom. The molecular weight excluding hydrogens is 677 g/mol. The SMILES string of the molecule is CC(C)(C)c1cc(-c2ccccn2)[c-]c(-[n+]2[c-]n(-c3ccccc3O)c3c4c(ccc32)oc2ccccc24)c1.[Pt+2]. The Bertz CT molecular complexity index is 2020. The number of para-hydroxylation sites is 3. The normalized spacial score (nSPS) is 11.8. The van der Waals surface area contributed by atoms with Gasteiger partial charge in [-0.25, -0.2) is 0 Å². The molecule has 0 aliphatic rings. The minimum atomic E-state index is -0.0992. The molecule has 198 valence electrons. The van der Waals surface area contributed by atoms with Crippen LogP contribution in [-0.4, -0.2) is 14.7 Å². The molecule has 7 rings (SSSR count). The predicted molar refractivity (Wildman–Crippen MR) is 153 cm³/mol. The van der Waals surface area contributed by atoms with E-state index < -0.39 is 0 Å². The molecule has 3 heterocycles. The number of pyridine rings is 1. The summed E-state index contributed by atoms with van der Waals surface area (Å²) < 4.78 is 10.2. The summed E-state index contributed by atoms with van der Waals surface area (Å²) in [7, 11) is 0. The van der Waals surface area contributed by atoms with Crippen molar-refractivity contribution in [3.05, 3.63) is 115 Å². The van der Waals surface area contributed by atoms with Gasteiger partial charge in [0.2, 0.25) is 0 Å². The number of hydrogen-bond acceptors (Lipinski definition) is 3. The quantitative estimate of drug-likeness (QED) is 0.154. The molecule has 40 heavy (non-hydrogen) atoms. The van der Waals surface area contributed by atoms with Crippen LogP contribution in [0.2, 0.25) is 0 Å². The van der Waals surface area contributed by atoms with Crippen molar-refractivity contribution < 1.29 is 35.2 Å². The average Bonchev–Trinajstić information content (AvgIpc) is 3.51. The number of furan rings is 1. The summed E-state index contributed by atoms with van der Waals surface area (Å²) in [5, 5.41) is 12.9. The minimum absolute atomic E-state index is 0. The van der Waals surface area contributed by atoms with Crippen LogP contribution in [0, 0.1) is 12.4 Å². The summed E-state index contributed by atoms with van der Waals surface area (Å²) in [6, 6.07) is 33.3. The summed E-state index contributed by atoms with van der Waals surface area (Å²) in [5.41, 5.74) is 7.73. The molecule has 0 radical (unpaired) electrons. The van der Waals surface area contributed by atoms with E-state index in [4.69, 9.17) is 4.42 Å². The fourth-order valence-corrected chi connectivity index (χ4v) is 5.18. The molecule has 0 atom stereocenters. The van der Waals surface area contributed by atoms with Crippen LogP contribution < -0.4 is 4.57 Å². The summed E-state index contributed by atoms with van der Waals surface area (Å²) in [6.07, 6.45) is 5.35. The molecule has 0 amide bonds. The predicted octanol–water partition coefficient (Wildman–Crippen LogP) is 7.47. The second-order valence-electron chi connectivity index (χ2n) is 10.8. The maximum Gasteiger partial charge on any atom is 2.00 e. The van der Waals surface area contributed by atoms with Gasteiger partial charge in [-0.2, -0.15) is 0 Å². The molecule has 6 heteroatoms. The van der Waals surface area contributed by atoms with Crippen LogP contribution in [0.1, 0.15) is 26.3 Å². The van der Waals surface area contributed by atoms with Crippen molar-refractivity contribution in [3.63, 3.8) is 0 Å². The van der Waals surface area contributed by atoms with Crippen molar-refractivity contribution >= 4 is 33.0 Å². The summed E-state index contributed by atoms with van der Waals surface area (Å²) >= 11 is 0. The number of nitrogens with zero attached hydrogens (tertiary/aromatic N) is 3. The number of benzene rings is 4. The van der Waals surface area contributed by atoms with E-state index in [0.717, 1.165) is 55.5 Å². The number of imidazole rings is 1. The monoisotopic (exact) mass is 703 g/mol. The van der Waals surface area contributed by atoms with Crippen LogP contribution in [0.3, 0.4) is 0 Å². The molecule has 0 bridgehead atoms. The van der Waals surface area contributed by atoms with Crippen LogP contribution in [-0.2, 0) is 26.5 Å². The molecule has 7 aromatic rings. The van der Waals surface area contributed by atoms with Crippen molar-refractivity contribution in [2.75, 3.05) is 0 Å². The van der Waals surface area contributed by atoms with Gasteiger partial charge < -0.3 is 19.1 Å². The first-order valence-corrected chi connectivity index (χ1v) is 13.0.